The summed E-state index contributed by atoms with van der Waals surface area (Å²) < 4.78 is 0. The molecule has 10 aromatic rings. The summed E-state index contributed by atoms with van der Waals surface area (Å²) in [5.74, 6) is 0.933. The Balaban J connectivity index is 1.01. The summed E-state index contributed by atoms with van der Waals surface area (Å²) in [6.45, 7) is 4.81. The fourth-order valence-electron chi connectivity index (χ4n) is 14.3. The van der Waals surface area contributed by atoms with Crippen LogP contribution in [0.25, 0.3) is 44.2 Å². The highest BCUT2D eigenvalue weighted by atomic mass is 15.2. The minimum absolute atomic E-state index is 0.120. The number of nitrogens with zero attached hydrogens (tertiary/aromatic N) is 2. The Labute approximate surface area is 424 Å². The zero-order chi connectivity index (χ0) is 48.0. The Morgan fingerprint density at radius 1 is 0.361 bits per heavy atom. The number of hydrogen-bond acceptors (Lipinski definition) is 2. The Morgan fingerprint density at radius 2 is 0.875 bits per heavy atom. The van der Waals surface area contributed by atoms with Crippen molar-refractivity contribution in [1.82, 2.24) is 0 Å². The van der Waals surface area contributed by atoms with Crippen molar-refractivity contribution in [2.45, 2.75) is 63.2 Å². The van der Waals surface area contributed by atoms with Crippen LogP contribution < -0.4 is 9.80 Å². The minimum Gasteiger partial charge on any atom is -0.310 e. The van der Waals surface area contributed by atoms with Crippen molar-refractivity contribution in [3.8, 4) is 33.4 Å². The maximum absolute atomic E-state index is 2.65. The van der Waals surface area contributed by atoms with Gasteiger partial charge in [0, 0.05) is 33.5 Å². The first-order valence-corrected chi connectivity index (χ1v) is 26.3. The van der Waals surface area contributed by atoms with Crippen molar-refractivity contribution in [2.75, 3.05) is 9.80 Å². The zero-order valence-electron chi connectivity index (χ0n) is 41.2. The van der Waals surface area contributed by atoms with E-state index >= 15 is 0 Å². The highest BCUT2D eigenvalue weighted by Gasteiger charge is 2.59. The summed E-state index contributed by atoms with van der Waals surface area (Å²) in [6, 6.07) is 87.3. The number of para-hydroxylation sites is 2. The molecule has 10 aromatic carbocycles. The number of fused-ring (bicyclic) bond motifs is 6. The van der Waals surface area contributed by atoms with Crippen molar-refractivity contribution in [1.29, 1.82) is 0 Å². The lowest BCUT2D eigenvalue weighted by atomic mass is 9.63. The van der Waals surface area contributed by atoms with Crippen LogP contribution in [0.3, 0.4) is 0 Å². The molecule has 3 atom stereocenters. The first-order chi connectivity index (χ1) is 35.5. The molecule has 1 saturated carbocycles. The highest BCUT2D eigenvalue weighted by molar-refractivity contribution is 5.99. The van der Waals surface area contributed by atoms with Crippen LogP contribution in [0.15, 0.2) is 231 Å². The molecule has 4 aliphatic carbocycles. The van der Waals surface area contributed by atoms with E-state index in [2.05, 4.69) is 254 Å². The molecule has 0 radical (unpaired) electrons. The minimum atomic E-state index is -0.213. The molecule has 72 heavy (non-hydrogen) atoms. The average Bonchev–Trinajstić information content (AvgIpc) is 3.98. The molecule has 0 amide bonds. The van der Waals surface area contributed by atoms with Gasteiger partial charge in [0.2, 0.25) is 0 Å². The fourth-order valence-corrected chi connectivity index (χ4v) is 14.3. The molecule has 0 N–H and O–H groups in total. The van der Waals surface area contributed by atoms with E-state index in [1.165, 1.54) is 132 Å². The van der Waals surface area contributed by atoms with Gasteiger partial charge in [-0.25, -0.2) is 0 Å². The van der Waals surface area contributed by atoms with E-state index in [1.54, 1.807) is 5.56 Å². The molecule has 2 heteroatoms. The van der Waals surface area contributed by atoms with Gasteiger partial charge >= 0.3 is 0 Å². The van der Waals surface area contributed by atoms with Crippen LogP contribution in [-0.4, -0.2) is 0 Å². The summed E-state index contributed by atoms with van der Waals surface area (Å²) in [4.78, 5) is 5.29. The second-order valence-electron chi connectivity index (χ2n) is 21.5. The molecule has 0 saturated heterocycles. The molecule has 0 bridgehead atoms. The van der Waals surface area contributed by atoms with Crippen molar-refractivity contribution in [2.24, 2.45) is 11.8 Å². The summed E-state index contributed by atoms with van der Waals surface area (Å²) in [5, 5.41) is 2.48. The molecule has 3 unspecified atom stereocenters. The monoisotopic (exact) mass is 926 g/mol. The average molecular weight is 927 g/mol. The van der Waals surface area contributed by atoms with Crippen LogP contribution in [0.5, 0.6) is 0 Å². The third-order valence-corrected chi connectivity index (χ3v) is 17.4. The number of anilines is 6. The summed E-state index contributed by atoms with van der Waals surface area (Å²) >= 11 is 0. The Kier molecular flexibility index (Phi) is 10.0. The van der Waals surface area contributed by atoms with Crippen LogP contribution in [0.2, 0.25) is 0 Å². The van der Waals surface area contributed by atoms with Gasteiger partial charge in [-0.3, -0.25) is 0 Å². The Bertz CT molecular complexity index is 3680. The maximum Gasteiger partial charge on any atom is 0.0546 e. The Hall–Kier alpha value is -7.94. The SMILES string of the molecule is CC1(C)c2ccccc2-c2ccc(N(c3ccccc3)c3cccc4c3C35c6c(cccc6N(c6ccccc6)c6cc7ccccc7cc6-c6ccc(-c7ccccc7)cc6)CC3CCCCC5C4)cc21. The smallest absolute Gasteiger partial charge is 0.0546 e. The Morgan fingerprint density at radius 3 is 1.53 bits per heavy atom. The van der Waals surface area contributed by atoms with Crippen LogP contribution in [0, 0.1) is 11.8 Å². The quantitative estimate of drug-likeness (QED) is 0.150. The molecular weight excluding hydrogens is 869 g/mol. The van der Waals surface area contributed by atoms with Crippen LogP contribution in [0.4, 0.5) is 34.1 Å². The van der Waals surface area contributed by atoms with E-state index in [1.807, 2.05) is 0 Å². The summed E-state index contributed by atoms with van der Waals surface area (Å²) in [7, 11) is 0. The largest absolute Gasteiger partial charge is 0.310 e. The first kappa shape index (κ1) is 42.9. The third kappa shape index (κ3) is 6.54. The predicted octanol–water partition coefficient (Wildman–Crippen LogP) is 18.6. The maximum atomic E-state index is 2.65. The van der Waals surface area contributed by atoms with E-state index < -0.39 is 0 Å². The second kappa shape index (κ2) is 16.8. The molecule has 0 aromatic heterocycles. The normalized spacial score (nSPS) is 18.8. The van der Waals surface area contributed by atoms with Crippen molar-refractivity contribution in [3.63, 3.8) is 0 Å². The van der Waals surface area contributed by atoms with Gasteiger partial charge in [-0.15, -0.1) is 0 Å². The molecule has 348 valence electrons. The van der Waals surface area contributed by atoms with Gasteiger partial charge in [-0.05, 0) is 170 Å². The number of rotatable bonds is 8. The van der Waals surface area contributed by atoms with E-state index in [0.717, 1.165) is 12.8 Å². The fraction of sp³-hybridized carbons (Fsp3) is 0.171. The lowest BCUT2D eigenvalue weighted by molar-refractivity contribution is 0.258. The van der Waals surface area contributed by atoms with Crippen LogP contribution in [-0.2, 0) is 23.7 Å². The van der Waals surface area contributed by atoms with Crippen molar-refractivity contribution >= 4 is 44.9 Å². The van der Waals surface area contributed by atoms with Gasteiger partial charge in [0.1, 0.15) is 0 Å². The van der Waals surface area contributed by atoms with E-state index in [0.29, 0.717) is 11.8 Å². The highest BCUT2D eigenvalue weighted by Crippen LogP contribution is 2.67. The van der Waals surface area contributed by atoms with Gasteiger partial charge in [0.25, 0.3) is 0 Å². The number of benzene rings is 10. The molecule has 0 heterocycles. The summed E-state index contributed by atoms with van der Waals surface area (Å²) in [5.41, 5.74) is 23.6. The van der Waals surface area contributed by atoms with Gasteiger partial charge in [-0.2, -0.15) is 0 Å². The molecule has 1 fully saturated rings. The van der Waals surface area contributed by atoms with Crippen molar-refractivity contribution < 1.29 is 0 Å². The first-order valence-electron chi connectivity index (χ1n) is 26.3. The topological polar surface area (TPSA) is 6.48 Å². The van der Waals surface area contributed by atoms with Gasteiger partial charge in [0.05, 0.1) is 17.1 Å². The lowest BCUT2D eigenvalue weighted by Gasteiger charge is -2.43. The lowest BCUT2D eigenvalue weighted by Crippen LogP contribution is -2.39. The van der Waals surface area contributed by atoms with E-state index in [9.17, 15) is 0 Å². The van der Waals surface area contributed by atoms with E-state index in [-0.39, 0.29) is 10.8 Å². The molecule has 1 spiro atoms. The number of hydrogen-bond donors (Lipinski definition) is 0. The molecule has 4 aliphatic rings. The molecule has 14 rings (SSSR count). The van der Waals surface area contributed by atoms with Crippen LogP contribution in [0.1, 0.15) is 72.9 Å². The standard InChI is InChI=1S/C70H58N2/c1-69(2)62-33-17-16-32-59(62)60-41-40-58(46-63(60)69)71(56-28-8-4-9-29-56)64-34-18-24-52-42-54-26-14-15-27-55-43-53-25-19-35-65(68(53)70(54,55)67(52)64)72(57-30-10-5-11-31-57)66-45-51-23-13-12-22-50(51)44-61(66)49-38-36-48(37-39-49)47-20-6-3-7-21-47/h3-13,16-25,28-41,44-46,54-55H,14-15,26-27,42-43H2,1-2H3. The van der Waals surface area contributed by atoms with Gasteiger partial charge in [0.15, 0.2) is 0 Å². The van der Waals surface area contributed by atoms with Gasteiger partial charge < -0.3 is 9.80 Å². The molecule has 0 aliphatic heterocycles. The molecular formula is C70H58N2. The summed E-state index contributed by atoms with van der Waals surface area (Å²) in [6.07, 6.45) is 7.14. The molecule has 2 nitrogen and oxygen atoms in total. The zero-order valence-corrected chi connectivity index (χ0v) is 41.2. The van der Waals surface area contributed by atoms with Gasteiger partial charge in [-0.1, -0.05) is 197 Å². The van der Waals surface area contributed by atoms with E-state index in [4.69, 9.17) is 0 Å². The predicted molar refractivity (Wildman–Crippen MR) is 302 cm³/mol. The third-order valence-electron chi connectivity index (χ3n) is 17.4. The second-order valence-corrected chi connectivity index (χ2v) is 21.5. The van der Waals surface area contributed by atoms with Crippen molar-refractivity contribution in [3.05, 3.63) is 264 Å². The van der Waals surface area contributed by atoms with Crippen LogP contribution >= 0.6 is 0 Å².